The Labute approximate surface area is 122 Å². The molecule has 0 aliphatic carbocycles. The fourth-order valence-corrected chi connectivity index (χ4v) is 3.45. The minimum atomic E-state index is 0.205. The monoisotopic (exact) mass is 286 g/mol. The van der Waals surface area contributed by atoms with Crippen LogP contribution in [0.15, 0.2) is 29.0 Å². The zero-order chi connectivity index (χ0) is 14.1. The average molecular weight is 286 g/mol. The zero-order valence-electron chi connectivity index (χ0n) is 11.8. The lowest BCUT2D eigenvalue weighted by molar-refractivity contribution is 0.0122. The molecule has 1 unspecified atom stereocenters. The molecular formula is C15H18N4O2. The molecule has 21 heavy (non-hydrogen) atoms. The van der Waals surface area contributed by atoms with E-state index in [1.165, 1.54) is 0 Å². The number of nitrogens with one attached hydrogen (secondary N) is 1. The van der Waals surface area contributed by atoms with Crippen LogP contribution in [0, 0.1) is 5.41 Å². The number of hydrogen-bond acceptors (Lipinski definition) is 6. The van der Waals surface area contributed by atoms with Gasteiger partial charge in [0.25, 0.3) is 0 Å². The number of aromatic nitrogens is 3. The van der Waals surface area contributed by atoms with Gasteiger partial charge in [-0.2, -0.15) is 4.98 Å². The van der Waals surface area contributed by atoms with Gasteiger partial charge in [0.05, 0.1) is 5.92 Å². The van der Waals surface area contributed by atoms with Gasteiger partial charge in [-0.1, -0.05) is 5.16 Å². The van der Waals surface area contributed by atoms with Crippen molar-refractivity contribution in [1.82, 2.24) is 20.4 Å². The van der Waals surface area contributed by atoms with Crippen LogP contribution in [0.4, 0.5) is 0 Å². The second-order valence-corrected chi connectivity index (χ2v) is 5.86. The van der Waals surface area contributed by atoms with Gasteiger partial charge < -0.3 is 14.6 Å². The van der Waals surface area contributed by atoms with Crippen molar-refractivity contribution in [2.45, 2.75) is 18.8 Å². The van der Waals surface area contributed by atoms with Crippen molar-refractivity contribution in [3.05, 3.63) is 30.4 Å². The maximum atomic E-state index is 5.56. The first kappa shape index (κ1) is 12.9. The fourth-order valence-electron chi connectivity index (χ4n) is 3.45. The Morgan fingerprint density at radius 2 is 2.19 bits per heavy atom. The highest BCUT2D eigenvalue weighted by atomic mass is 16.5. The van der Waals surface area contributed by atoms with Crippen molar-refractivity contribution in [2.24, 2.45) is 5.41 Å². The summed E-state index contributed by atoms with van der Waals surface area (Å²) in [6.07, 6.45) is 5.60. The normalized spacial score (nSPS) is 24.5. The third-order valence-electron chi connectivity index (χ3n) is 4.71. The molecule has 2 aromatic rings. The van der Waals surface area contributed by atoms with E-state index in [1.54, 1.807) is 12.4 Å². The molecule has 2 aliphatic heterocycles. The van der Waals surface area contributed by atoms with E-state index < -0.39 is 0 Å². The second-order valence-electron chi connectivity index (χ2n) is 5.86. The Hall–Kier alpha value is -1.79. The number of ether oxygens (including phenoxy) is 1. The third-order valence-corrected chi connectivity index (χ3v) is 4.71. The molecule has 1 N–H and O–H groups in total. The molecule has 6 nitrogen and oxygen atoms in total. The Bertz CT molecular complexity index is 607. The summed E-state index contributed by atoms with van der Waals surface area (Å²) in [6, 6.07) is 3.82. The lowest BCUT2D eigenvalue weighted by atomic mass is 9.72. The fraction of sp³-hybridized carbons (Fsp3) is 0.533. The van der Waals surface area contributed by atoms with E-state index >= 15 is 0 Å². The largest absolute Gasteiger partial charge is 0.381 e. The molecule has 0 aromatic carbocycles. The number of nitrogens with zero attached hydrogens (tertiary/aromatic N) is 3. The minimum Gasteiger partial charge on any atom is -0.381 e. The smallest absolute Gasteiger partial charge is 0.231 e. The molecule has 4 heterocycles. The summed E-state index contributed by atoms with van der Waals surface area (Å²) in [6.45, 7) is 3.55. The molecule has 110 valence electrons. The van der Waals surface area contributed by atoms with Crippen LogP contribution in [0.1, 0.15) is 24.7 Å². The van der Waals surface area contributed by atoms with Crippen molar-refractivity contribution in [2.75, 3.05) is 26.3 Å². The quantitative estimate of drug-likeness (QED) is 0.904. The molecule has 1 atom stereocenters. The molecule has 2 aromatic heterocycles. The van der Waals surface area contributed by atoms with E-state index in [1.807, 2.05) is 12.1 Å². The molecule has 1 spiro atoms. The number of hydrogen-bond donors (Lipinski definition) is 1. The molecule has 0 bridgehead atoms. The average Bonchev–Trinajstić information content (AvgIpc) is 3.16. The van der Waals surface area contributed by atoms with Crippen molar-refractivity contribution in [1.29, 1.82) is 0 Å². The summed E-state index contributed by atoms with van der Waals surface area (Å²) in [5.41, 5.74) is 1.09. The minimum absolute atomic E-state index is 0.205. The van der Waals surface area contributed by atoms with Gasteiger partial charge in [0.15, 0.2) is 0 Å². The van der Waals surface area contributed by atoms with Crippen LogP contribution in [0.5, 0.6) is 0 Å². The zero-order valence-corrected chi connectivity index (χ0v) is 11.8. The third kappa shape index (κ3) is 2.24. The Morgan fingerprint density at radius 3 is 3.00 bits per heavy atom. The summed E-state index contributed by atoms with van der Waals surface area (Å²) < 4.78 is 11.1. The maximum Gasteiger partial charge on any atom is 0.231 e. The summed E-state index contributed by atoms with van der Waals surface area (Å²) in [4.78, 5) is 8.71. The first-order chi connectivity index (χ1) is 10.4. The van der Waals surface area contributed by atoms with Gasteiger partial charge in [-0.3, -0.25) is 4.98 Å². The molecule has 2 saturated heterocycles. The Balaban J connectivity index is 1.63. The SMILES string of the molecule is c1cncc(-c2noc(C3CNCC34CCOCC4)n2)c1. The summed E-state index contributed by atoms with van der Waals surface area (Å²) in [7, 11) is 0. The molecule has 0 saturated carbocycles. The van der Waals surface area contributed by atoms with Gasteiger partial charge in [-0.05, 0) is 30.4 Å². The first-order valence-corrected chi connectivity index (χ1v) is 7.40. The van der Waals surface area contributed by atoms with E-state index in [0.717, 1.165) is 50.6 Å². The maximum absolute atomic E-state index is 5.56. The van der Waals surface area contributed by atoms with Gasteiger partial charge in [-0.25, -0.2) is 0 Å². The van der Waals surface area contributed by atoms with E-state index in [-0.39, 0.29) is 11.3 Å². The van der Waals surface area contributed by atoms with Gasteiger partial charge in [0, 0.05) is 44.3 Å². The van der Waals surface area contributed by atoms with E-state index in [2.05, 4.69) is 20.4 Å². The first-order valence-electron chi connectivity index (χ1n) is 7.40. The summed E-state index contributed by atoms with van der Waals surface area (Å²) >= 11 is 0. The molecule has 6 heteroatoms. The molecule has 2 aliphatic rings. The Morgan fingerprint density at radius 1 is 1.29 bits per heavy atom. The van der Waals surface area contributed by atoms with Gasteiger partial charge in [-0.15, -0.1) is 0 Å². The molecule has 0 radical (unpaired) electrons. The van der Waals surface area contributed by atoms with Crippen LogP contribution in [0.3, 0.4) is 0 Å². The standard InChI is InChI=1S/C15H18N4O2/c1-2-11(8-16-5-1)13-18-14(21-19-13)12-9-17-10-15(12)3-6-20-7-4-15/h1-2,5,8,12,17H,3-4,6-7,9-10H2. The molecule has 0 amide bonds. The van der Waals surface area contributed by atoms with Crippen LogP contribution in [-0.2, 0) is 4.74 Å². The van der Waals surface area contributed by atoms with Gasteiger partial charge >= 0.3 is 0 Å². The van der Waals surface area contributed by atoms with Crippen LogP contribution in [-0.4, -0.2) is 41.4 Å². The lowest BCUT2D eigenvalue weighted by Gasteiger charge is -2.36. The van der Waals surface area contributed by atoms with Crippen LogP contribution in [0.25, 0.3) is 11.4 Å². The molecular weight excluding hydrogens is 268 g/mol. The van der Waals surface area contributed by atoms with E-state index in [0.29, 0.717) is 5.82 Å². The highest BCUT2D eigenvalue weighted by Crippen LogP contribution is 2.46. The molecule has 2 fully saturated rings. The van der Waals surface area contributed by atoms with Crippen molar-refractivity contribution >= 4 is 0 Å². The van der Waals surface area contributed by atoms with Crippen molar-refractivity contribution in [3.8, 4) is 11.4 Å². The van der Waals surface area contributed by atoms with Gasteiger partial charge in [0.1, 0.15) is 0 Å². The van der Waals surface area contributed by atoms with Crippen molar-refractivity contribution in [3.63, 3.8) is 0 Å². The van der Waals surface area contributed by atoms with Gasteiger partial charge in [0.2, 0.25) is 11.7 Å². The van der Waals surface area contributed by atoms with Crippen LogP contribution in [0.2, 0.25) is 0 Å². The summed E-state index contributed by atoms with van der Waals surface area (Å²) in [5, 5.41) is 7.61. The number of rotatable bonds is 2. The van der Waals surface area contributed by atoms with Crippen LogP contribution < -0.4 is 5.32 Å². The predicted molar refractivity (Wildman–Crippen MR) is 75.6 cm³/mol. The Kier molecular flexibility index (Phi) is 3.20. The van der Waals surface area contributed by atoms with Crippen LogP contribution >= 0.6 is 0 Å². The highest BCUT2D eigenvalue weighted by molar-refractivity contribution is 5.52. The number of pyridine rings is 1. The lowest BCUT2D eigenvalue weighted by Crippen LogP contribution is -2.35. The highest BCUT2D eigenvalue weighted by Gasteiger charge is 2.47. The van der Waals surface area contributed by atoms with Crippen molar-refractivity contribution < 1.29 is 9.26 Å². The predicted octanol–water partition coefficient (Wildman–Crippen LogP) is 1.62. The summed E-state index contributed by atoms with van der Waals surface area (Å²) in [5.74, 6) is 1.63. The van der Waals surface area contributed by atoms with E-state index in [4.69, 9.17) is 9.26 Å². The van der Waals surface area contributed by atoms with E-state index in [9.17, 15) is 0 Å². The molecule has 4 rings (SSSR count). The topological polar surface area (TPSA) is 73.1 Å². The second kappa shape index (κ2) is 5.20.